The van der Waals surface area contributed by atoms with Gasteiger partial charge in [-0.2, -0.15) is 5.10 Å². The fourth-order valence-corrected chi connectivity index (χ4v) is 2.71. The molecule has 1 aliphatic rings. The molecule has 2 rings (SSSR count). The van der Waals surface area contributed by atoms with Crippen molar-refractivity contribution in [1.29, 1.82) is 0 Å². The molecule has 0 saturated heterocycles. The first-order valence-corrected chi connectivity index (χ1v) is 8.12. The molecule has 0 spiro atoms. The van der Waals surface area contributed by atoms with Gasteiger partial charge in [0.1, 0.15) is 12.4 Å². The van der Waals surface area contributed by atoms with E-state index < -0.39 is 0 Å². The first kappa shape index (κ1) is 16.5. The highest BCUT2D eigenvalue weighted by Gasteiger charge is 2.13. The number of hydrazone groups is 1. The molecule has 0 amide bonds. The van der Waals surface area contributed by atoms with Gasteiger partial charge in [-0.05, 0) is 37.2 Å². The first-order valence-electron chi connectivity index (χ1n) is 7.72. The van der Waals surface area contributed by atoms with Gasteiger partial charge in [0.2, 0.25) is 0 Å². The predicted molar refractivity (Wildman–Crippen MR) is 95.5 cm³/mol. The van der Waals surface area contributed by atoms with Crippen molar-refractivity contribution in [2.24, 2.45) is 5.10 Å². The number of nitrogens with one attached hydrogen (secondary N) is 2. The summed E-state index contributed by atoms with van der Waals surface area (Å²) < 4.78 is 5.58. The van der Waals surface area contributed by atoms with Gasteiger partial charge in [0.05, 0.1) is 6.21 Å². The van der Waals surface area contributed by atoms with E-state index in [4.69, 9.17) is 17.0 Å². The lowest BCUT2D eigenvalue weighted by Crippen LogP contribution is -2.40. The summed E-state index contributed by atoms with van der Waals surface area (Å²) in [7, 11) is 0. The molecule has 1 fully saturated rings. The lowest BCUT2D eigenvalue weighted by molar-refractivity contribution is 0.362. The summed E-state index contributed by atoms with van der Waals surface area (Å²) in [6.45, 7) is 4.12. The van der Waals surface area contributed by atoms with Gasteiger partial charge >= 0.3 is 0 Å². The van der Waals surface area contributed by atoms with Crippen molar-refractivity contribution in [3.63, 3.8) is 0 Å². The Morgan fingerprint density at radius 1 is 1.32 bits per heavy atom. The van der Waals surface area contributed by atoms with Crippen molar-refractivity contribution in [3.8, 4) is 5.75 Å². The van der Waals surface area contributed by atoms with Crippen molar-refractivity contribution >= 4 is 23.5 Å². The molecule has 0 heterocycles. The lowest BCUT2D eigenvalue weighted by atomic mass is 9.96. The average molecular weight is 317 g/mol. The van der Waals surface area contributed by atoms with E-state index in [2.05, 4.69) is 22.4 Å². The van der Waals surface area contributed by atoms with Crippen molar-refractivity contribution in [2.75, 3.05) is 6.61 Å². The molecule has 22 heavy (non-hydrogen) atoms. The standard InChI is InChI=1S/C17H23N3OS/c1-2-12-21-16-11-7-6-8-14(16)13-18-20-17(22)19-15-9-4-3-5-10-15/h2,6-8,11,13,15H,1,3-5,9-10,12H2,(H2,19,20,22)/b18-13+. The minimum Gasteiger partial charge on any atom is -0.489 e. The van der Waals surface area contributed by atoms with Crippen LogP contribution in [0.4, 0.5) is 0 Å². The second-order valence-corrected chi connectivity index (χ2v) is 5.72. The molecule has 0 aliphatic heterocycles. The Labute approximate surface area is 137 Å². The van der Waals surface area contributed by atoms with Crippen LogP contribution < -0.4 is 15.5 Å². The van der Waals surface area contributed by atoms with E-state index >= 15 is 0 Å². The van der Waals surface area contributed by atoms with Crippen LogP contribution >= 0.6 is 12.2 Å². The summed E-state index contributed by atoms with van der Waals surface area (Å²) in [5.74, 6) is 0.777. The van der Waals surface area contributed by atoms with Gasteiger partial charge in [0, 0.05) is 11.6 Å². The number of benzene rings is 1. The van der Waals surface area contributed by atoms with Gasteiger partial charge in [-0.1, -0.05) is 44.1 Å². The molecule has 0 unspecified atom stereocenters. The lowest BCUT2D eigenvalue weighted by Gasteiger charge is -2.23. The van der Waals surface area contributed by atoms with E-state index in [9.17, 15) is 0 Å². The van der Waals surface area contributed by atoms with Crippen molar-refractivity contribution in [1.82, 2.24) is 10.7 Å². The molecule has 4 nitrogen and oxygen atoms in total. The molecule has 2 N–H and O–H groups in total. The summed E-state index contributed by atoms with van der Waals surface area (Å²) in [4.78, 5) is 0. The summed E-state index contributed by atoms with van der Waals surface area (Å²) >= 11 is 5.27. The van der Waals surface area contributed by atoms with Crippen LogP contribution in [0, 0.1) is 0 Å². The zero-order valence-corrected chi connectivity index (χ0v) is 13.6. The first-order chi connectivity index (χ1) is 10.8. The normalized spacial score (nSPS) is 15.5. The predicted octanol–water partition coefficient (Wildman–Crippen LogP) is 3.38. The van der Waals surface area contributed by atoms with Crippen LogP contribution in [0.2, 0.25) is 0 Å². The van der Waals surface area contributed by atoms with Crippen LogP contribution in [0.1, 0.15) is 37.7 Å². The topological polar surface area (TPSA) is 45.6 Å². The third kappa shape index (κ3) is 5.48. The van der Waals surface area contributed by atoms with Crippen molar-refractivity contribution in [2.45, 2.75) is 38.1 Å². The summed E-state index contributed by atoms with van der Waals surface area (Å²) in [5.41, 5.74) is 3.78. The molecule has 1 aromatic rings. The minimum absolute atomic E-state index is 0.472. The van der Waals surface area contributed by atoms with Gasteiger partial charge < -0.3 is 10.1 Å². The van der Waals surface area contributed by atoms with Crippen molar-refractivity contribution < 1.29 is 4.74 Å². The van der Waals surface area contributed by atoms with E-state index in [0.29, 0.717) is 17.8 Å². The van der Waals surface area contributed by atoms with E-state index in [-0.39, 0.29) is 0 Å². The Bertz CT molecular complexity index is 524. The minimum atomic E-state index is 0.472. The van der Waals surface area contributed by atoms with E-state index in [0.717, 1.165) is 11.3 Å². The molecule has 0 aromatic heterocycles. The highest BCUT2D eigenvalue weighted by molar-refractivity contribution is 7.80. The number of hydrogen-bond donors (Lipinski definition) is 2. The SMILES string of the molecule is C=CCOc1ccccc1/C=N/NC(=S)NC1CCCCC1. The summed E-state index contributed by atoms with van der Waals surface area (Å²) in [6.07, 6.45) is 9.68. The quantitative estimate of drug-likeness (QED) is 0.365. The molecule has 0 atom stereocenters. The third-order valence-corrected chi connectivity index (χ3v) is 3.79. The van der Waals surface area contributed by atoms with Crippen LogP contribution in [-0.2, 0) is 0 Å². The number of rotatable bonds is 6. The molecule has 0 bridgehead atoms. The van der Waals surface area contributed by atoms with Gasteiger partial charge in [-0.25, -0.2) is 0 Å². The molecule has 1 aliphatic carbocycles. The van der Waals surface area contributed by atoms with Crippen LogP contribution in [0.3, 0.4) is 0 Å². The zero-order valence-electron chi connectivity index (χ0n) is 12.8. The average Bonchev–Trinajstić information content (AvgIpc) is 2.55. The number of nitrogens with zero attached hydrogens (tertiary/aromatic N) is 1. The number of ether oxygens (including phenoxy) is 1. The highest BCUT2D eigenvalue weighted by atomic mass is 32.1. The zero-order chi connectivity index (χ0) is 15.6. The summed E-state index contributed by atoms with van der Waals surface area (Å²) in [5, 5.41) is 8.08. The van der Waals surface area contributed by atoms with Crippen LogP contribution in [0.5, 0.6) is 5.75 Å². The van der Waals surface area contributed by atoms with Crippen LogP contribution in [0.25, 0.3) is 0 Å². The molecule has 5 heteroatoms. The van der Waals surface area contributed by atoms with E-state index in [1.807, 2.05) is 24.3 Å². The highest BCUT2D eigenvalue weighted by Crippen LogP contribution is 2.17. The maximum atomic E-state index is 5.58. The Kier molecular flexibility index (Phi) is 6.90. The monoisotopic (exact) mass is 317 g/mol. The van der Waals surface area contributed by atoms with E-state index in [1.54, 1.807) is 12.3 Å². The molecular formula is C17H23N3OS. The molecule has 1 aromatic carbocycles. The summed E-state index contributed by atoms with van der Waals surface area (Å²) in [6, 6.07) is 8.20. The second kappa shape index (κ2) is 9.20. The molecular weight excluding hydrogens is 294 g/mol. The van der Waals surface area contributed by atoms with E-state index in [1.165, 1.54) is 32.1 Å². The Balaban J connectivity index is 1.83. The van der Waals surface area contributed by atoms with Gasteiger partial charge in [0.25, 0.3) is 0 Å². The largest absolute Gasteiger partial charge is 0.489 e. The fourth-order valence-electron chi connectivity index (χ4n) is 2.49. The maximum absolute atomic E-state index is 5.58. The number of thiocarbonyl (C=S) groups is 1. The van der Waals surface area contributed by atoms with Crippen LogP contribution in [-0.4, -0.2) is 24.0 Å². The molecule has 1 saturated carbocycles. The smallest absolute Gasteiger partial charge is 0.187 e. The van der Waals surface area contributed by atoms with Gasteiger partial charge in [0.15, 0.2) is 5.11 Å². The van der Waals surface area contributed by atoms with Gasteiger partial charge in [-0.3, -0.25) is 5.43 Å². The van der Waals surface area contributed by atoms with Crippen LogP contribution in [0.15, 0.2) is 42.0 Å². The number of para-hydroxylation sites is 1. The van der Waals surface area contributed by atoms with Crippen molar-refractivity contribution in [3.05, 3.63) is 42.5 Å². The Morgan fingerprint density at radius 2 is 2.09 bits per heavy atom. The second-order valence-electron chi connectivity index (χ2n) is 5.32. The third-order valence-electron chi connectivity index (χ3n) is 3.59. The maximum Gasteiger partial charge on any atom is 0.187 e. The molecule has 118 valence electrons. The Morgan fingerprint density at radius 3 is 2.86 bits per heavy atom. The number of hydrogen-bond acceptors (Lipinski definition) is 3. The van der Waals surface area contributed by atoms with Gasteiger partial charge in [-0.15, -0.1) is 0 Å². The fraction of sp³-hybridized carbons (Fsp3) is 0.412. The molecule has 0 radical (unpaired) electrons. The Hall–Kier alpha value is -1.88.